The highest BCUT2D eigenvalue weighted by atomic mass is 79.9. The molecule has 0 fully saturated rings. The average Bonchev–Trinajstić information content (AvgIpc) is 2.50. The van der Waals surface area contributed by atoms with Gasteiger partial charge in [0.1, 0.15) is 5.82 Å². The summed E-state index contributed by atoms with van der Waals surface area (Å²) < 4.78 is 1.59. The molecule has 0 aliphatic heterocycles. The van der Waals surface area contributed by atoms with E-state index < -0.39 is 0 Å². The SMILES string of the molecule is Cc1ccnc(NC(=O)CN(C)CC(=O)Nc2c(Br)cc(C)cc2Br)c1. The van der Waals surface area contributed by atoms with E-state index in [-0.39, 0.29) is 24.9 Å². The fourth-order valence-electron chi connectivity index (χ4n) is 2.33. The van der Waals surface area contributed by atoms with Crippen molar-refractivity contribution in [2.45, 2.75) is 13.8 Å². The van der Waals surface area contributed by atoms with Crippen LogP contribution in [-0.4, -0.2) is 41.8 Å². The lowest BCUT2D eigenvalue weighted by atomic mass is 10.2. The number of benzene rings is 1. The summed E-state index contributed by atoms with van der Waals surface area (Å²) in [5.74, 6) is 0.0655. The molecule has 0 unspecified atom stereocenters. The Morgan fingerprint density at radius 2 is 1.58 bits per heavy atom. The second kappa shape index (κ2) is 9.25. The van der Waals surface area contributed by atoms with Gasteiger partial charge in [-0.15, -0.1) is 0 Å². The van der Waals surface area contributed by atoms with E-state index in [9.17, 15) is 9.59 Å². The lowest BCUT2D eigenvalue weighted by molar-refractivity contribution is -0.119. The van der Waals surface area contributed by atoms with Crippen LogP contribution in [0, 0.1) is 13.8 Å². The van der Waals surface area contributed by atoms with Gasteiger partial charge in [0.2, 0.25) is 11.8 Å². The van der Waals surface area contributed by atoms with Gasteiger partial charge in [-0.2, -0.15) is 0 Å². The van der Waals surface area contributed by atoms with E-state index in [1.165, 1.54) is 0 Å². The minimum atomic E-state index is -0.226. The minimum Gasteiger partial charge on any atom is -0.323 e. The summed E-state index contributed by atoms with van der Waals surface area (Å²) in [4.78, 5) is 30.1. The number of hydrogen-bond donors (Lipinski definition) is 2. The quantitative estimate of drug-likeness (QED) is 0.656. The maximum atomic E-state index is 12.3. The number of likely N-dealkylation sites (N-methyl/N-ethyl adjacent to an activating group) is 1. The van der Waals surface area contributed by atoms with Crippen molar-refractivity contribution in [1.82, 2.24) is 9.88 Å². The lowest BCUT2D eigenvalue weighted by Gasteiger charge is -2.17. The number of pyridine rings is 1. The van der Waals surface area contributed by atoms with Crippen molar-refractivity contribution in [1.29, 1.82) is 0 Å². The van der Waals surface area contributed by atoms with Crippen LogP contribution in [0.3, 0.4) is 0 Å². The molecular formula is C18H20Br2N4O2. The van der Waals surface area contributed by atoms with Crippen LogP contribution in [-0.2, 0) is 9.59 Å². The van der Waals surface area contributed by atoms with Gasteiger partial charge in [-0.05, 0) is 88.1 Å². The number of carbonyl (C=O) groups excluding carboxylic acids is 2. The molecule has 0 aliphatic rings. The number of nitrogens with zero attached hydrogens (tertiary/aromatic N) is 2. The summed E-state index contributed by atoms with van der Waals surface area (Å²) in [5.41, 5.74) is 2.75. The van der Waals surface area contributed by atoms with Gasteiger partial charge in [-0.3, -0.25) is 14.5 Å². The predicted molar refractivity (Wildman–Crippen MR) is 110 cm³/mol. The molecule has 0 atom stereocenters. The monoisotopic (exact) mass is 482 g/mol. The number of carbonyl (C=O) groups is 2. The van der Waals surface area contributed by atoms with Crippen LogP contribution < -0.4 is 10.6 Å². The number of halogens is 2. The summed E-state index contributed by atoms with van der Waals surface area (Å²) in [6.45, 7) is 4.06. The van der Waals surface area contributed by atoms with E-state index in [2.05, 4.69) is 47.5 Å². The minimum absolute atomic E-state index is 0.0826. The molecule has 1 aromatic carbocycles. The Labute approximate surface area is 169 Å². The maximum absolute atomic E-state index is 12.3. The molecule has 0 spiro atoms. The molecule has 0 aliphatic carbocycles. The fourth-order valence-corrected chi connectivity index (χ4v) is 3.94. The smallest absolute Gasteiger partial charge is 0.239 e. The summed E-state index contributed by atoms with van der Waals surface area (Å²) in [5, 5.41) is 5.57. The van der Waals surface area contributed by atoms with Crippen LogP contribution >= 0.6 is 31.9 Å². The summed E-state index contributed by atoms with van der Waals surface area (Å²) in [7, 11) is 1.71. The number of anilines is 2. The molecule has 0 saturated carbocycles. The number of hydrogen-bond acceptors (Lipinski definition) is 4. The van der Waals surface area contributed by atoms with Gasteiger partial charge in [0.15, 0.2) is 0 Å². The van der Waals surface area contributed by atoms with Crippen molar-refractivity contribution in [3.05, 3.63) is 50.5 Å². The molecule has 6 nitrogen and oxygen atoms in total. The molecule has 2 N–H and O–H groups in total. The summed E-state index contributed by atoms with van der Waals surface area (Å²) in [6.07, 6.45) is 1.64. The predicted octanol–water partition coefficient (Wildman–Crippen LogP) is 3.73. The van der Waals surface area contributed by atoms with Crippen LogP contribution in [0.25, 0.3) is 0 Å². The first-order valence-corrected chi connectivity index (χ1v) is 9.49. The normalized spacial score (nSPS) is 10.7. The zero-order valence-electron chi connectivity index (χ0n) is 14.8. The third-order valence-corrected chi connectivity index (χ3v) is 4.71. The van der Waals surface area contributed by atoms with Crippen LogP contribution in [0.4, 0.5) is 11.5 Å². The largest absolute Gasteiger partial charge is 0.323 e. The summed E-state index contributed by atoms with van der Waals surface area (Å²) >= 11 is 6.89. The highest BCUT2D eigenvalue weighted by Crippen LogP contribution is 2.32. The van der Waals surface area contributed by atoms with Crippen LogP contribution in [0.15, 0.2) is 39.4 Å². The van der Waals surface area contributed by atoms with E-state index in [4.69, 9.17) is 0 Å². The van der Waals surface area contributed by atoms with Crippen molar-refractivity contribution in [3.8, 4) is 0 Å². The molecule has 8 heteroatoms. The Kier molecular flexibility index (Phi) is 7.31. The highest BCUT2D eigenvalue weighted by Gasteiger charge is 2.14. The molecule has 0 bridgehead atoms. The number of nitrogens with one attached hydrogen (secondary N) is 2. The van der Waals surface area contributed by atoms with E-state index in [0.29, 0.717) is 11.5 Å². The molecule has 1 heterocycles. The molecular weight excluding hydrogens is 464 g/mol. The van der Waals surface area contributed by atoms with Gasteiger partial charge in [0.25, 0.3) is 0 Å². The van der Waals surface area contributed by atoms with Gasteiger partial charge in [0.05, 0.1) is 18.8 Å². The van der Waals surface area contributed by atoms with Crippen molar-refractivity contribution < 1.29 is 9.59 Å². The van der Waals surface area contributed by atoms with E-state index in [1.807, 2.05) is 32.0 Å². The van der Waals surface area contributed by atoms with Gasteiger partial charge in [-0.1, -0.05) is 0 Å². The van der Waals surface area contributed by atoms with Crippen molar-refractivity contribution in [2.24, 2.45) is 0 Å². The molecule has 0 saturated heterocycles. The van der Waals surface area contributed by atoms with E-state index >= 15 is 0 Å². The lowest BCUT2D eigenvalue weighted by Crippen LogP contribution is -2.36. The highest BCUT2D eigenvalue weighted by molar-refractivity contribution is 9.11. The van der Waals surface area contributed by atoms with Crippen LogP contribution in [0.5, 0.6) is 0 Å². The standard InChI is InChI=1S/C18H20Br2N4O2/c1-11-4-5-21-15(8-11)22-16(25)9-24(3)10-17(26)23-18-13(19)6-12(2)7-14(18)20/h4-8H,9-10H2,1-3H3,(H,23,26)(H,21,22,25). The number of amides is 2. The Morgan fingerprint density at radius 1 is 1.00 bits per heavy atom. The third-order valence-electron chi connectivity index (χ3n) is 3.46. The average molecular weight is 484 g/mol. The van der Waals surface area contributed by atoms with Crippen LogP contribution in [0.1, 0.15) is 11.1 Å². The second-order valence-corrected chi connectivity index (χ2v) is 7.80. The first-order valence-electron chi connectivity index (χ1n) is 7.91. The van der Waals surface area contributed by atoms with Gasteiger partial charge < -0.3 is 10.6 Å². The first-order chi connectivity index (χ1) is 12.2. The Bertz CT molecular complexity index is 804. The molecule has 2 amide bonds. The van der Waals surface area contributed by atoms with Gasteiger partial charge >= 0.3 is 0 Å². The molecule has 1 aromatic heterocycles. The Morgan fingerprint density at radius 3 is 2.15 bits per heavy atom. The van der Waals surface area contributed by atoms with Gasteiger partial charge in [0, 0.05) is 15.1 Å². The number of aryl methyl sites for hydroxylation is 2. The fraction of sp³-hybridized carbons (Fsp3) is 0.278. The molecule has 2 aromatic rings. The Hall–Kier alpha value is -1.77. The van der Waals surface area contributed by atoms with E-state index in [1.54, 1.807) is 24.2 Å². The molecule has 26 heavy (non-hydrogen) atoms. The molecule has 138 valence electrons. The third kappa shape index (κ3) is 6.19. The van der Waals surface area contributed by atoms with Crippen molar-refractivity contribution in [3.63, 3.8) is 0 Å². The van der Waals surface area contributed by atoms with Gasteiger partial charge in [-0.25, -0.2) is 4.98 Å². The maximum Gasteiger partial charge on any atom is 0.239 e. The summed E-state index contributed by atoms with van der Waals surface area (Å²) in [6, 6.07) is 7.49. The first kappa shape index (κ1) is 20.5. The molecule has 0 radical (unpaired) electrons. The zero-order valence-corrected chi connectivity index (χ0v) is 17.9. The number of rotatable bonds is 6. The van der Waals surface area contributed by atoms with Crippen LogP contribution in [0.2, 0.25) is 0 Å². The Balaban J connectivity index is 1.88. The number of aromatic nitrogens is 1. The second-order valence-electron chi connectivity index (χ2n) is 6.09. The zero-order chi connectivity index (χ0) is 19.3. The topological polar surface area (TPSA) is 74.3 Å². The molecule has 2 rings (SSSR count). The van der Waals surface area contributed by atoms with Crippen molar-refractivity contribution >= 4 is 55.2 Å². The van der Waals surface area contributed by atoms with E-state index in [0.717, 1.165) is 20.1 Å². The van der Waals surface area contributed by atoms with Crippen molar-refractivity contribution in [2.75, 3.05) is 30.8 Å².